The fourth-order valence-electron chi connectivity index (χ4n) is 2.51. The molecule has 0 aliphatic heterocycles. The number of methoxy groups -OCH3 is 1. The lowest BCUT2D eigenvalue weighted by Gasteiger charge is -2.07. The second kappa shape index (κ2) is 18.4. The van der Waals surface area contributed by atoms with Crippen LogP contribution in [0.3, 0.4) is 0 Å². The van der Waals surface area contributed by atoms with E-state index in [0.29, 0.717) is 25.9 Å². The average Bonchev–Trinajstić information content (AvgIpc) is 2.65. The maximum absolute atomic E-state index is 11.6. The van der Waals surface area contributed by atoms with Gasteiger partial charge in [-0.1, -0.05) is 25.7 Å². The number of carbonyl (C=O) groups is 4. The van der Waals surface area contributed by atoms with Crippen LogP contribution in [-0.2, 0) is 28.7 Å². The summed E-state index contributed by atoms with van der Waals surface area (Å²) in [5.41, 5.74) is 0. The molecule has 0 saturated carbocycles. The van der Waals surface area contributed by atoms with Crippen molar-refractivity contribution in [1.82, 2.24) is 10.6 Å². The van der Waals surface area contributed by atoms with Crippen LogP contribution in [-0.4, -0.2) is 57.0 Å². The molecule has 0 spiro atoms. The zero-order valence-corrected chi connectivity index (χ0v) is 17.3. The third kappa shape index (κ3) is 18.8. The van der Waals surface area contributed by atoms with Crippen molar-refractivity contribution < 1.29 is 28.7 Å². The first-order chi connectivity index (χ1) is 13.5. The summed E-state index contributed by atoms with van der Waals surface area (Å²) in [6, 6.07) is 0. The van der Waals surface area contributed by atoms with Crippen LogP contribution < -0.4 is 10.6 Å². The highest BCUT2D eigenvalue weighted by Gasteiger charge is 2.07. The number of ether oxygens (including phenoxy) is 2. The first-order valence-corrected chi connectivity index (χ1v) is 10.1. The number of ketones is 1. The number of Topliss-reactive ketones (excluding diaryl/α,β-unsaturated/α-hetero) is 1. The minimum absolute atomic E-state index is 0.0449. The van der Waals surface area contributed by atoms with Gasteiger partial charge in [-0.2, -0.15) is 0 Å². The van der Waals surface area contributed by atoms with E-state index in [1.807, 2.05) is 0 Å². The maximum Gasteiger partial charge on any atom is 0.306 e. The lowest BCUT2D eigenvalue weighted by molar-refractivity contribution is -0.148. The Morgan fingerprint density at radius 3 is 1.71 bits per heavy atom. The molecule has 8 nitrogen and oxygen atoms in total. The highest BCUT2D eigenvalue weighted by Crippen LogP contribution is 2.09. The molecule has 2 N–H and O–H groups in total. The molecule has 8 heteroatoms. The molecule has 0 aromatic rings. The predicted octanol–water partition coefficient (Wildman–Crippen LogP) is 1.90. The normalized spacial score (nSPS) is 10.4. The van der Waals surface area contributed by atoms with Gasteiger partial charge in [0.05, 0.1) is 0 Å². The molecule has 0 fully saturated rings. The summed E-state index contributed by atoms with van der Waals surface area (Å²) in [7, 11) is 1.46. The van der Waals surface area contributed by atoms with Crippen molar-refractivity contribution in [3.05, 3.63) is 0 Å². The molecular weight excluding hydrogens is 364 g/mol. The van der Waals surface area contributed by atoms with Crippen molar-refractivity contribution >= 4 is 23.6 Å². The van der Waals surface area contributed by atoms with Gasteiger partial charge < -0.3 is 24.9 Å². The summed E-state index contributed by atoms with van der Waals surface area (Å²) < 4.78 is 9.65. The highest BCUT2D eigenvalue weighted by molar-refractivity contribution is 5.80. The second-order valence-electron chi connectivity index (χ2n) is 6.82. The van der Waals surface area contributed by atoms with Crippen molar-refractivity contribution in [2.45, 2.75) is 71.1 Å². The van der Waals surface area contributed by atoms with Gasteiger partial charge >= 0.3 is 5.97 Å². The van der Waals surface area contributed by atoms with Gasteiger partial charge in [0.15, 0.2) is 6.61 Å². The van der Waals surface area contributed by atoms with Crippen LogP contribution in [0, 0.1) is 0 Å². The molecule has 0 bridgehead atoms. The van der Waals surface area contributed by atoms with Gasteiger partial charge in [-0.05, 0) is 32.6 Å². The van der Waals surface area contributed by atoms with Crippen molar-refractivity contribution in [2.24, 2.45) is 0 Å². The largest absolute Gasteiger partial charge is 0.456 e. The summed E-state index contributed by atoms with van der Waals surface area (Å²) in [6.45, 7) is 2.40. The third-order valence-electron chi connectivity index (χ3n) is 4.05. The summed E-state index contributed by atoms with van der Waals surface area (Å²) in [5, 5.41) is 5.37. The van der Waals surface area contributed by atoms with Crippen LogP contribution in [0.15, 0.2) is 0 Å². The molecule has 0 aliphatic carbocycles. The lowest BCUT2D eigenvalue weighted by atomic mass is 10.1. The lowest BCUT2D eigenvalue weighted by Crippen LogP contribution is -2.31. The number of esters is 1. The van der Waals surface area contributed by atoms with E-state index in [1.165, 1.54) is 7.11 Å². The van der Waals surface area contributed by atoms with E-state index in [9.17, 15) is 19.2 Å². The second-order valence-corrected chi connectivity index (χ2v) is 6.82. The standard InChI is InChI=1S/C20H36N2O6/c1-17(23)11-7-5-3-4-6-8-12-20(26)28-16-19(25)22-14-10-9-13-21-18(24)15-27-2/h3-16H2,1-2H3,(H,21,24)(H,22,25). The molecule has 0 unspecified atom stereocenters. The summed E-state index contributed by atoms with van der Waals surface area (Å²) in [4.78, 5) is 45.2. The minimum atomic E-state index is -0.354. The van der Waals surface area contributed by atoms with Crippen molar-refractivity contribution in [2.75, 3.05) is 33.4 Å². The van der Waals surface area contributed by atoms with E-state index in [2.05, 4.69) is 10.6 Å². The number of nitrogens with one attached hydrogen (secondary N) is 2. The van der Waals surface area contributed by atoms with E-state index in [4.69, 9.17) is 9.47 Å². The molecule has 0 saturated heterocycles. The van der Waals surface area contributed by atoms with E-state index in [-0.39, 0.29) is 36.8 Å². The number of hydrogen-bond donors (Lipinski definition) is 2. The molecule has 0 atom stereocenters. The molecule has 162 valence electrons. The maximum atomic E-state index is 11.6. The quantitative estimate of drug-likeness (QED) is 0.269. The van der Waals surface area contributed by atoms with Crippen molar-refractivity contribution in [3.8, 4) is 0 Å². The zero-order valence-electron chi connectivity index (χ0n) is 17.3. The van der Waals surface area contributed by atoms with Crippen LogP contribution in [0.4, 0.5) is 0 Å². The Kier molecular flexibility index (Phi) is 17.1. The monoisotopic (exact) mass is 400 g/mol. The summed E-state index contributed by atoms with van der Waals surface area (Å²) in [6.07, 6.45) is 8.23. The Morgan fingerprint density at radius 2 is 1.18 bits per heavy atom. The Balaban J connectivity index is 3.43. The molecule has 28 heavy (non-hydrogen) atoms. The van der Waals surface area contributed by atoms with Crippen LogP contribution in [0.25, 0.3) is 0 Å². The van der Waals surface area contributed by atoms with Crippen molar-refractivity contribution in [1.29, 1.82) is 0 Å². The van der Waals surface area contributed by atoms with Gasteiger partial charge in [0.2, 0.25) is 5.91 Å². The first-order valence-electron chi connectivity index (χ1n) is 10.1. The molecule has 0 aromatic heterocycles. The van der Waals surface area contributed by atoms with Gasteiger partial charge in [0.1, 0.15) is 12.4 Å². The summed E-state index contributed by atoms with van der Waals surface area (Å²) in [5.74, 6) is -0.598. The number of amides is 2. The Morgan fingerprint density at radius 1 is 0.679 bits per heavy atom. The smallest absolute Gasteiger partial charge is 0.306 e. The number of unbranched alkanes of at least 4 members (excludes halogenated alkanes) is 6. The Bertz CT molecular complexity index is 468. The fourth-order valence-corrected chi connectivity index (χ4v) is 2.51. The van der Waals surface area contributed by atoms with Crippen LogP contribution >= 0.6 is 0 Å². The molecule has 0 radical (unpaired) electrons. The zero-order chi connectivity index (χ0) is 21.0. The van der Waals surface area contributed by atoms with Crippen LogP contribution in [0.2, 0.25) is 0 Å². The van der Waals surface area contributed by atoms with E-state index < -0.39 is 0 Å². The average molecular weight is 401 g/mol. The number of hydrogen-bond acceptors (Lipinski definition) is 6. The molecule has 0 rings (SSSR count). The molecule has 0 heterocycles. The summed E-state index contributed by atoms with van der Waals surface area (Å²) >= 11 is 0. The third-order valence-corrected chi connectivity index (χ3v) is 4.05. The van der Waals surface area contributed by atoms with Gasteiger partial charge in [0.25, 0.3) is 5.91 Å². The molecule has 0 aliphatic rings. The van der Waals surface area contributed by atoms with E-state index in [0.717, 1.165) is 51.4 Å². The highest BCUT2D eigenvalue weighted by atomic mass is 16.5. The van der Waals surface area contributed by atoms with Crippen LogP contribution in [0.1, 0.15) is 71.1 Å². The topological polar surface area (TPSA) is 111 Å². The van der Waals surface area contributed by atoms with Crippen LogP contribution in [0.5, 0.6) is 0 Å². The van der Waals surface area contributed by atoms with Gasteiger partial charge in [-0.3, -0.25) is 14.4 Å². The Hall–Kier alpha value is -1.96. The van der Waals surface area contributed by atoms with E-state index in [1.54, 1.807) is 6.92 Å². The molecule has 0 aromatic carbocycles. The molecular formula is C20H36N2O6. The minimum Gasteiger partial charge on any atom is -0.456 e. The molecule has 2 amide bonds. The SMILES string of the molecule is COCC(=O)NCCCCNC(=O)COC(=O)CCCCCCCCC(C)=O. The fraction of sp³-hybridized carbons (Fsp3) is 0.800. The Labute approximate surface area is 168 Å². The number of carbonyl (C=O) groups excluding carboxylic acids is 4. The van der Waals surface area contributed by atoms with Gasteiger partial charge in [-0.15, -0.1) is 0 Å². The number of rotatable bonds is 18. The predicted molar refractivity (Wildman–Crippen MR) is 106 cm³/mol. The van der Waals surface area contributed by atoms with Gasteiger partial charge in [0, 0.05) is 33.0 Å². The van der Waals surface area contributed by atoms with Gasteiger partial charge in [-0.25, -0.2) is 0 Å². The van der Waals surface area contributed by atoms with E-state index >= 15 is 0 Å². The first kappa shape index (κ1) is 26.0. The van der Waals surface area contributed by atoms with Crippen molar-refractivity contribution in [3.63, 3.8) is 0 Å².